The van der Waals surface area contributed by atoms with Crippen molar-refractivity contribution in [1.82, 2.24) is 20.2 Å². The maximum atomic E-state index is 12.4. The van der Waals surface area contributed by atoms with Crippen molar-refractivity contribution in [2.24, 2.45) is 0 Å². The number of carbonyl (C=O) groups excluding carboxylic acids is 3. The van der Waals surface area contributed by atoms with E-state index in [0.717, 1.165) is 48.0 Å². The van der Waals surface area contributed by atoms with Crippen LogP contribution in [0, 0.1) is 0 Å². The average Bonchev–Trinajstić information content (AvgIpc) is 3.85. The molecule has 8 heterocycles. The molecule has 4 aliphatic heterocycles. The predicted octanol–water partition coefficient (Wildman–Crippen LogP) is 7.92. The van der Waals surface area contributed by atoms with Gasteiger partial charge in [0.25, 0.3) is 0 Å². The zero-order valence-corrected chi connectivity index (χ0v) is 37.3. The number of fused-ring (bicyclic) bond motifs is 4. The summed E-state index contributed by atoms with van der Waals surface area (Å²) in [7, 11) is 0. The fourth-order valence-electron chi connectivity index (χ4n) is 6.89. The number of likely N-dealkylation sites (tertiary alicyclic amines) is 1. The second kappa shape index (κ2) is 22.2. The lowest BCUT2D eigenvalue weighted by molar-refractivity contribution is -0.140. The number of anilines is 2. The summed E-state index contributed by atoms with van der Waals surface area (Å²) in [5, 5.41) is 19.7. The quantitative estimate of drug-likeness (QED) is 0.0990. The van der Waals surface area contributed by atoms with Gasteiger partial charge >= 0.3 is 5.97 Å². The topological polar surface area (TPSA) is 172 Å². The zero-order chi connectivity index (χ0) is 42.1. The zero-order valence-electron chi connectivity index (χ0n) is 34.0. The smallest absolute Gasteiger partial charge is 0.328 e. The Morgan fingerprint density at radius 1 is 0.698 bits per heavy atom. The van der Waals surface area contributed by atoms with Crippen molar-refractivity contribution >= 4 is 115 Å². The fraction of sp³-hybridized carbons (Fsp3) is 0.261. The minimum Gasteiger partial charge on any atom is -0.478 e. The number of hydrogen-bond acceptors (Lipinski definition) is 11. The SMILES string of the molecule is Cl.Cl.O=C(O)/C=C/c1cnc2c(c1)CCC(=O)N2.O=C1CCc2cc(/C=C/C(=O)N3CC(OCc4cc5ccccc5s4)C3)cnc2N1.c1ccc2sc(COC3CNC3)cc2c1. The molecule has 13 nitrogen and oxygen atoms in total. The summed E-state index contributed by atoms with van der Waals surface area (Å²) in [6.07, 6.45) is 11.8. The van der Waals surface area contributed by atoms with Gasteiger partial charge in [-0.2, -0.15) is 0 Å². The molecule has 3 amide bonds. The number of aromatic nitrogens is 2. The van der Waals surface area contributed by atoms with Gasteiger partial charge in [0.2, 0.25) is 17.7 Å². The number of amides is 3. The fourth-order valence-corrected chi connectivity index (χ4v) is 8.87. The van der Waals surface area contributed by atoms with Crippen molar-refractivity contribution in [3.8, 4) is 0 Å². The predicted molar refractivity (Wildman–Crippen MR) is 253 cm³/mol. The molecule has 0 atom stereocenters. The number of carboxylic acids is 1. The number of carbonyl (C=O) groups is 4. The second-order valence-corrected chi connectivity index (χ2v) is 17.3. The molecule has 4 aromatic heterocycles. The monoisotopic (exact) mass is 928 g/mol. The lowest BCUT2D eigenvalue weighted by Gasteiger charge is -2.38. The number of nitrogens with zero attached hydrogens (tertiary/aromatic N) is 3. The van der Waals surface area contributed by atoms with Crippen LogP contribution >= 0.6 is 47.5 Å². The van der Waals surface area contributed by atoms with Crippen LogP contribution in [0.2, 0.25) is 0 Å². The van der Waals surface area contributed by atoms with E-state index in [2.05, 4.69) is 74.4 Å². The molecule has 2 aromatic carbocycles. The van der Waals surface area contributed by atoms with Gasteiger partial charge in [0.05, 0.1) is 25.4 Å². The second-order valence-electron chi connectivity index (χ2n) is 14.9. The standard InChI is InChI=1S/C23H21N3O3S.C12H13NOS.C11H10N2O3.2ClH/c27-21-7-6-17-9-15(11-24-23(17)25-21)5-8-22(28)26-12-18(13-26)29-14-19-10-16-3-1-2-4-20(16)30-19;1-2-4-12-9(3-1)5-11(15-12)8-14-10-6-13-7-10;14-9-3-2-8-5-7(1-4-10(15)16)6-12-11(8)13-9;;/h1-5,8-11,18H,6-7,12-14H2,(H,24,25,27);1-5,10,13H,6-8H2;1,4-6H,2-3H2,(H,15,16)(H,12,13,14);2*1H/b8-5+;;4-1+;;. The summed E-state index contributed by atoms with van der Waals surface area (Å²) >= 11 is 3.58. The number of pyridine rings is 2. The Morgan fingerprint density at radius 2 is 1.19 bits per heavy atom. The molecule has 0 saturated carbocycles. The highest BCUT2D eigenvalue weighted by molar-refractivity contribution is 7.19. The van der Waals surface area contributed by atoms with E-state index in [9.17, 15) is 19.2 Å². The summed E-state index contributed by atoms with van der Waals surface area (Å²) in [6, 6.07) is 25.0. The van der Waals surface area contributed by atoms with Gasteiger partial charge in [0.1, 0.15) is 11.6 Å². The highest BCUT2D eigenvalue weighted by Gasteiger charge is 2.30. The molecule has 2 fully saturated rings. The highest BCUT2D eigenvalue weighted by atomic mass is 35.5. The van der Waals surface area contributed by atoms with Gasteiger partial charge in [-0.15, -0.1) is 47.5 Å². The molecule has 0 unspecified atom stereocenters. The minimum atomic E-state index is -0.994. The molecule has 0 radical (unpaired) electrons. The first kappa shape index (κ1) is 47.0. The number of hydrogen-bond donors (Lipinski definition) is 4. The van der Waals surface area contributed by atoms with E-state index in [1.54, 1.807) is 34.6 Å². The van der Waals surface area contributed by atoms with Crippen LogP contribution in [0.3, 0.4) is 0 Å². The molecular weight excluding hydrogens is 884 g/mol. The summed E-state index contributed by atoms with van der Waals surface area (Å²) in [5.41, 5.74) is 3.52. The lowest BCUT2D eigenvalue weighted by atomic mass is 10.0. The Morgan fingerprint density at radius 3 is 1.67 bits per heavy atom. The molecule has 328 valence electrons. The molecule has 0 bridgehead atoms. The number of halogens is 2. The molecule has 0 spiro atoms. The van der Waals surface area contributed by atoms with Gasteiger partial charge in [-0.3, -0.25) is 14.4 Å². The third-order valence-corrected chi connectivity index (χ3v) is 12.5. The first-order valence-corrected chi connectivity index (χ1v) is 21.7. The number of carboxylic acid groups (broad SMARTS) is 1. The van der Waals surface area contributed by atoms with Crippen LogP contribution in [0.4, 0.5) is 11.6 Å². The van der Waals surface area contributed by atoms with E-state index in [1.165, 1.54) is 42.2 Å². The van der Waals surface area contributed by atoms with Gasteiger partial charge in [-0.25, -0.2) is 14.8 Å². The van der Waals surface area contributed by atoms with Crippen molar-refractivity contribution in [2.75, 3.05) is 36.8 Å². The molecule has 2 saturated heterocycles. The number of nitrogens with one attached hydrogen (secondary N) is 3. The van der Waals surface area contributed by atoms with Crippen molar-refractivity contribution in [2.45, 2.75) is 51.1 Å². The number of thiophene rings is 2. The molecule has 17 heteroatoms. The third kappa shape index (κ3) is 12.8. The minimum absolute atomic E-state index is 0. The molecule has 4 N–H and O–H groups in total. The van der Waals surface area contributed by atoms with Crippen molar-refractivity contribution in [3.63, 3.8) is 0 Å². The Balaban J connectivity index is 0.000000170. The Bertz CT molecular complexity index is 2570. The number of benzene rings is 2. The van der Waals surface area contributed by atoms with Gasteiger partial charge in [0, 0.05) is 82.7 Å². The summed E-state index contributed by atoms with van der Waals surface area (Å²) in [6.45, 7) is 4.58. The third-order valence-electron chi connectivity index (χ3n) is 10.4. The average molecular weight is 930 g/mol. The van der Waals surface area contributed by atoms with Crippen LogP contribution in [0.25, 0.3) is 32.3 Å². The van der Waals surface area contributed by atoms with Gasteiger partial charge in [0.15, 0.2) is 0 Å². The Labute approximate surface area is 384 Å². The highest BCUT2D eigenvalue weighted by Crippen LogP contribution is 2.28. The largest absolute Gasteiger partial charge is 0.478 e. The molecule has 10 rings (SSSR count). The number of aryl methyl sites for hydroxylation is 2. The lowest BCUT2D eigenvalue weighted by Crippen LogP contribution is -2.54. The summed E-state index contributed by atoms with van der Waals surface area (Å²) < 4.78 is 14.3. The van der Waals surface area contributed by atoms with E-state index in [0.29, 0.717) is 63.1 Å². The molecule has 63 heavy (non-hydrogen) atoms. The van der Waals surface area contributed by atoms with Crippen LogP contribution in [0.15, 0.2) is 97.3 Å². The molecule has 0 aliphatic carbocycles. The maximum absolute atomic E-state index is 12.4. The Hall–Kier alpha value is -5.52. The normalized spacial score (nSPS) is 15.6. The van der Waals surface area contributed by atoms with Crippen molar-refractivity contribution in [1.29, 1.82) is 0 Å². The van der Waals surface area contributed by atoms with Crippen LogP contribution in [-0.4, -0.2) is 82.1 Å². The van der Waals surface area contributed by atoms with Crippen molar-refractivity contribution in [3.05, 3.63) is 129 Å². The van der Waals surface area contributed by atoms with Crippen LogP contribution < -0.4 is 16.0 Å². The van der Waals surface area contributed by atoms with E-state index < -0.39 is 5.97 Å². The van der Waals surface area contributed by atoms with E-state index in [-0.39, 0.29) is 48.6 Å². The van der Waals surface area contributed by atoms with Crippen LogP contribution in [-0.2, 0) is 54.7 Å². The van der Waals surface area contributed by atoms with Gasteiger partial charge in [-0.1, -0.05) is 36.4 Å². The van der Waals surface area contributed by atoms with E-state index in [4.69, 9.17) is 14.6 Å². The van der Waals surface area contributed by atoms with Crippen LogP contribution in [0.5, 0.6) is 0 Å². The maximum Gasteiger partial charge on any atom is 0.328 e. The number of aliphatic carboxylic acids is 1. The van der Waals surface area contributed by atoms with Crippen LogP contribution in [0.1, 0.15) is 44.8 Å². The van der Waals surface area contributed by atoms with E-state index in [1.807, 2.05) is 35.6 Å². The van der Waals surface area contributed by atoms with E-state index >= 15 is 0 Å². The summed E-state index contributed by atoms with van der Waals surface area (Å²) in [4.78, 5) is 57.9. The molecular formula is C46H46Cl2N6O7S2. The van der Waals surface area contributed by atoms with Gasteiger partial charge in [-0.05, 0) is 94.4 Å². The first-order chi connectivity index (χ1) is 29.7. The molecule has 6 aromatic rings. The first-order valence-electron chi connectivity index (χ1n) is 20.0. The number of rotatable bonds is 10. The number of ether oxygens (including phenoxy) is 2. The Kier molecular flexibility index (Phi) is 16.6. The van der Waals surface area contributed by atoms with Crippen molar-refractivity contribution < 1.29 is 33.8 Å². The molecule has 4 aliphatic rings. The summed E-state index contributed by atoms with van der Waals surface area (Å²) in [5.74, 6) is 0.137. The van der Waals surface area contributed by atoms with Gasteiger partial charge < -0.3 is 35.4 Å².